The fourth-order valence-electron chi connectivity index (χ4n) is 5.92. The number of phenolic OH excluding ortho intramolecular Hbond substituents is 2. The van der Waals surface area contributed by atoms with Crippen molar-refractivity contribution in [3.05, 3.63) is 63.6 Å². The van der Waals surface area contributed by atoms with E-state index < -0.39 is 0 Å². The second-order valence-electron chi connectivity index (χ2n) is 10.7. The van der Waals surface area contributed by atoms with Crippen molar-refractivity contribution in [3.63, 3.8) is 0 Å². The minimum absolute atomic E-state index is 0.0361. The fourth-order valence-corrected chi connectivity index (χ4v) is 5.92. The number of aromatic hydroxyl groups is 2. The Labute approximate surface area is 206 Å². The molecule has 2 heterocycles. The Morgan fingerprint density at radius 2 is 1.66 bits per heavy atom. The number of piperidine rings is 1. The van der Waals surface area contributed by atoms with Gasteiger partial charge < -0.3 is 10.2 Å². The van der Waals surface area contributed by atoms with Crippen LogP contribution in [-0.2, 0) is 13.1 Å². The Morgan fingerprint density at radius 1 is 0.971 bits per heavy atom. The van der Waals surface area contributed by atoms with Gasteiger partial charge in [0.15, 0.2) is 5.82 Å². The lowest BCUT2D eigenvalue weighted by atomic mass is 9.75. The average molecular weight is 477 g/mol. The molecular formula is C28H36N4O3. The van der Waals surface area contributed by atoms with Crippen LogP contribution in [0.4, 0.5) is 0 Å². The van der Waals surface area contributed by atoms with Crippen LogP contribution in [0, 0.1) is 11.8 Å². The van der Waals surface area contributed by atoms with Gasteiger partial charge in [0.05, 0.1) is 12.1 Å². The molecule has 1 aliphatic carbocycles. The molecule has 7 nitrogen and oxygen atoms in total. The fraction of sp³-hybridized carbons (Fsp3) is 0.500. The highest BCUT2D eigenvalue weighted by molar-refractivity contribution is 5.67. The standard InChI is InChI=1S/C28H36N4O3/c1-18(2)23-13-24(26(34)14-25(23)33)27-29-30-28(35)32(27)16-20-9-7-19(8-10-20)15-31-12-11-21-5-3-4-6-22(21)17-31/h7-10,13-14,18,21-22,33-34H,3-6,11-12,15-17H2,1-2H3,(H,30,35). The summed E-state index contributed by atoms with van der Waals surface area (Å²) in [5.74, 6) is 2.15. The number of H-pyrrole nitrogens is 1. The molecule has 2 aliphatic rings. The Morgan fingerprint density at radius 3 is 2.37 bits per heavy atom. The second kappa shape index (κ2) is 9.90. The van der Waals surface area contributed by atoms with Gasteiger partial charge in [-0.1, -0.05) is 57.4 Å². The molecule has 35 heavy (non-hydrogen) atoms. The zero-order valence-electron chi connectivity index (χ0n) is 20.7. The van der Waals surface area contributed by atoms with E-state index in [4.69, 9.17) is 0 Å². The van der Waals surface area contributed by atoms with E-state index in [0.29, 0.717) is 23.5 Å². The number of likely N-dealkylation sites (tertiary alicyclic amines) is 1. The normalized spacial score (nSPS) is 20.8. The molecule has 0 radical (unpaired) electrons. The minimum Gasteiger partial charge on any atom is -0.508 e. The van der Waals surface area contributed by atoms with E-state index in [2.05, 4.69) is 39.4 Å². The van der Waals surface area contributed by atoms with Crippen LogP contribution in [0.1, 0.15) is 68.6 Å². The first-order valence-corrected chi connectivity index (χ1v) is 12.9. The maximum absolute atomic E-state index is 12.6. The van der Waals surface area contributed by atoms with E-state index in [9.17, 15) is 15.0 Å². The molecule has 1 saturated carbocycles. The lowest BCUT2D eigenvalue weighted by molar-refractivity contribution is 0.0820. The second-order valence-corrected chi connectivity index (χ2v) is 10.7. The van der Waals surface area contributed by atoms with Crippen LogP contribution in [0.5, 0.6) is 11.5 Å². The molecule has 1 aromatic heterocycles. The van der Waals surface area contributed by atoms with E-state index >= 15 is 0 Å². The van der Waals surface area contributed by atoms with Crippen molar-refractivity contribution < 1.29 is 10.2 Å². The van der Waals surface area contributed by atoms with E-state index in [1.165, 1.54) is 61.4 Å². The zero-order chi connectivity index (χ0) is 24.5. The minimum atomic E-state index is -0.335. The Balaban J connectivity index is 1.31. The van der Waals surface area contributed by atoms with Gasteiger partial charge in [-0.3, -0.25) is 9.47 Å². The SMILES string of the molecule is CC(C)c1cc(-c2n[nH]c(=O)n2Cc2ccc(CN3CCC4CCCCC4C3)cc2)c(O)cc1O. The molecule has 2 fully saturated rings. The van der Waals surface area contributed by atoms with Gasteiger partial charge in [-0.2, -0.15) is 5.10 Å². The van der Waals surface area contributed by atoms with Crippen molar-refractivity contribution >= 4 is 0 Å². The molecule has 1 saturated heterocycles. The quantitative estimate of drug-likeness (QED) is 0.474. The van der Waals surface area contributed by atoms with Crippen molar-refractivity contribution in [3.8, 4) is 22.9 Å². The molecule has 2 atom stereocenters. The molecule has 7 heteroatoms. The van der Waals surface area contributed by atoms with Gasteiger partial charge in [-0.15, -0.1) is 0 Å². The predicted octanol–water partition coefficient (Wildman–Crippen LogP) is 4.83. The Hall–Kier alpha value is -3.06. The van der Waals surface area contributed by atoms with Crippen LogP contribution < -0.4 is 5.69 Å². The maximum Gasteiger partial charge on any atom is 0.343 e. The summed E-state index contributed by atoms with van der Waals surface area (Å²) < 4.78 is 1.53. The molecule has 3 N–H and O–H groups in total. The van der Waals surface area contributed by atoms with Crippen molar-refractivity contribution in [2.45, 2.75) is 65.0 Å². The van der Waals surface area contributed by atoms with Gasteiger partial charge in [0, 0.05) is 19.2 Å². The van der Waals surface area contributed by atoms with Crippen LogP contribution >= 0.6 is 0 Å². The Kier molecular flexibility index (Phi) is 6.69. The third-order valence-electron chi connectivity index (χ3n) is 7.91. The summed E-state index contributed by atoms with van der Waals surface area (Å²) >= 11 is 0. The van der Waals surface area contributed by atoms with Crippen LogP contribution in [0.15, 0.2) is 41.2 Å². The van der Waals surface area contributed by atoms with E-state index in [1.54, 1.807) is 6.07 Å². The van der Waals surface area contributed by atoms with Crippen molar-refractivity contribution in [2.24, 2.45) is 11.8 Å². The first-order valence-electron chi connectivity index (χ1n) is 12.9. The smallest absolute Gasteiger partial charge is 0.343 e. The van der Waals surface area contributed by atoms with Crippen molar-refractivity contribution in [2.75, 3.05) is 13.1 Å². The van der Waals surface area contributed by atoms with E-state index in [0.717, 1.165) is 23.9 Å². The molecule has 186 valence electrons. The molecular weight excluding hydrogens is 440 g/mol. The molecule has 0 bridgehead atoms. The summed E-state index contributed by atoms with van der Waals surface area (Å²) in [7, 11) is 0. The summed E-state index contributed by atoms with van der Waals surface area (Å²) in [6.07, 6.45) is 6.94. The number of hydrogen-bond donors (Lipinski definition) is 3. The number of fused-ring (bicyclic) bond motifs is 1. The molecule has 0 amide bonds. The van der Waals surface area contributed by atoms with Crippen molar-refractivity contribution in [1.29, 1.82) is 0 Å². The van der Waals surface area contributed by atoms with E-state index in [-0.39, 0.29) is 23.1 Å². The lowest BCUT2D eigenvalue weighted by Gasteiger charge is -2.41. The molecule has 3 aromatic rings. The molecule has 2 aromatic carbocycles. The number of nitrogens with one attached hydrogen (secondary N) is 1. The average Bonchev–Trinajstić information content (AvgIpc) is 3.20. The summed E-state index contributed by atoms with van der Waals surface area (Å²) in [5.41, 5.74) is 3.07. The third kappa shape index (κ3) is 5.01. The predicted molar refractivity (Wildman–Crippen MR) is 137 cm³/mol. The van der Waals surface area contributed by atoms with Gasteiger partial charge in [-0.25, -0.2) is 9.89 Å². The zero-order valence-corrected chi connectivity index (χ0v) is 20.7. The monoisotopic (exact) mass is 476 g/mol. The molecule has 5 rings (SSSR count). The summed E-state index contributed by atoms with van der Waals surface area (Å²) in [6, 6.07) is 11.5. The molecule has 1 aliphatic heterocycles. The van der Waals surface area contributed by atoms with Gasteiger partial charge in [0.2, 0.25) is 0 Å². The summed E-state index contributed by atoms with van der Waals surface area (Å²) in [4.78, 5) is 15.2. The highest BCUT2D eigenvalue weighted by atomic mass is 16.3. The summed E-state index contributed by atoms with van der Waals surface area (Å²) in [6.45, 7) is 7.65. The number of rotatable bonds is 6. The highest BCUT2D eigenvalue weighted by Crippen LogP contribution is 2.38. The highest BCUT2D eigenvalue weighted by Gasteiger charge is 2.30. The van der Waals surface area contributed by atoms with Gasteiger partial charge in [-0.05, 0) is 59.9 Å². The van der Waals surface area contributed by atoms with Crippen LogP contribution in [0.25, 0.3) is 11.4 Å². The van der Waals surface area contributed by atoms with Gasteiger partial charge in [0.1, 0.15) is 11.5 Å². The van der Waals surface area contributed by atoms with Crippen LogP contribution in [-0.4, -0.2) is 43.0 Å². The molecule has 2 unspecified atom stereocenters. The summed E-state index contributed by atoms with van der Waals surface area (Å²) in [5, 5.41) is 27.4. The number of hydrogen-bond acceptors (Lipinski definition) is 5. The number of phenols is 2. The Bertz CT molecular complexity index is 1230. The number of benzene rings is 2. The lowest BCUT2D eigenvalue weighted by Crippen LogP contribution is -2.41. The first-order chi connectivity index (χ1) is 16.9. The first kappa shape index (κ1) is 23.7. The maximum atomic E-state index is 12.6. The number of aromatic nitrogens is 3. The number of nitrogens with zero attached hydrogens (tertiary/aromatic N) is 3. The van der Waals surface area contributed by atoms with Gasteiger partial charge in [0.25, 0.3) is 0 Å². The van der Waals surface area contributed by atoms with Crippen molar-refractivity contribution in [1.82, 2.24) is 19.7 Å². The number of aromatic amines is 1. The third-order valence-corrected chi connectivity index (χ3v) is 7.91. The van der Waals surface area contributed by atoms with Crippen LogP contribution in [0.2, 0.25) is 0 Å². The van der Waals surface area contributed by atoms with E-state index in [1.807, 2.05) is 13.8 Å². The van der Waals surface area contributed by atoms with Gasteiger partial charge >= 0.3 is 5.69 Å². The topological polar surface area (TPSA) is 94.4 Å². The largest absolute Gasteiger partial charge is 0.508 e. The van der Waals surface area contributed by atoms with Crippen LogP contribution in [0.3, 0.4) is 0 Å². The molecule has 0 spiro atoms.